The molecule has 0 saturated carbocycles. The first-order chi connectivity index (χ1) is 15.1. The van der Waals surface area contributed by atoms with Crippen LogP contribution in [0.4, 0.5) is 0 Å². The highest BCUT2D eigenvalue weighted by molar-refractivity contribution is 14.0. The standard InChI is InChI=1S/C24H37N5O2.HI/c1-5-25-24(27-18-22(28(2)3)23-9-8-16-31-23)26-17-21(29-14-6-7-15-29)19-10-12-20(30-4)13-11-19;/h8-13,16,21-22H,5-7,14-15,17-18H2,1-4H3,(H2,25,26,27);1H. The molecule has 1 fully saturated rings. The molecule has 32 heavy (non-hydrogen) atoms. The summed E-state index contributed by atoms with van der Waals surface area (Å²) in [7, 11) is 5.83. The van der Waals surface area contributed by atoms with Crippen LogP contribution in [0.5, 0.6) is 5.75 Å². The van der Waals surface area contributed by atoms with Crippen molar-refractivity contribution in [2.24, 2.45) is 4.99 Å². The van der Waals surface area contributed by atoms with Gasteiger partial charge in [0.2, 0.25) is 0 Å². The summed E-state index contributed by atoms with van der Waals surface area (Å²) in [5, 5.41) is 6.89. The highest BCUT2D eigenvalue weighted by Gasteiger charge is 2.24. The van der Waals surface area contributed by atoms with Crippen LogP contribution in [0.1, 0.15) is 43.2 Å². The normalized spacial score (nSPS) is 16.5. The molecule has 0 aliphatic carbocycles. The van der Waals surface area contributed by atoms with E-state index in [4.69, 9.17) is 14.1 Å². The molecule has 1 saturated heterocycles. The number of ether oxygens (including phenoxy) is 1. The van der Waals surface area contributed by atoms with E-state index in [-0.39, 0.29) is 36.1 Å². The number of benzene rings is 1. The van der Waals surface area contributed by atoms with Crippen LogP contribution >= 0.6 is 24.0 Å². The van der Waals surface area contributed by atoms with Crippen molar-refractivity contribution in [3.05, 3.63) is 54.0 Å². The first-order valence-corrected chi connectivity index (χ1v) is 11.2. The van der Waals surface area contributed by atoms with E-state index in [1.807, 2.05) is 24.3 Å². The number of halogens is 1. The number of rotatable bonds is 10. The van der Waals surface area contributed by atoms with E-state index in [1.54, 1.807) is 13.4 Å². The lowest BCUT2D eigenvalue weighted by molar-refractivity contribution is 0.250. The minimum absolute atomic E-state index is 0. The molecule has 1 aromatic heterocycles. The van der Waals surface area contributed by atoms with Gasteiger partial charge in [-0.1, -0.05) is 12.1 Å². The Balaban J connectivity index is 0.00000363. The molecule has 1 aliphatic rings. The third-order valence-corrected chi connectivity index (χ3v) is 5.81. The number of nitrogens with one attached hydrogen (secondary N) is 2. The third kappa shape index (κ3) is 7.38. The number of aliphatic imine (C=N–C) groups is 1. The average molecular weight is 556 g/mol. The molecular formula is C24H38IN5O2. The minimum atomic E-state index is 0. The zero-order valence-electron chi connectivity index (χ0n) is 19.7. The topological polar surface area (TPSA) is 65.3 Å². The fourth-order valence-electron chi connectivity index (χ4n) is 4.04. The van der Waals surface area contributed by atoms with Crippen molar-refractivity contribution >= 4 is 29.9 Å². The van der Waals surface area contributed by atoms with Crippen LogP contribution in [0.3, 0.4) is 0 Å². The highest BCUT2D eigenvalue weighted by atomic mass is 127. The lowest BCUT2D eigenvalue weighted by Crippen LogP contribution is -2.42. The van der Waals surface area contributed by atoms with Gasteiger partial charge in [0.25, 0.3) is 0 Å². The van der Waals surface area contributed by atoms with Crippen LogP contribution in [0.25, 0.3) is 0 Å². The summed E-state index contributed by atoms with van der Waals surface area (Å²) in [4.78, 5) is 9.66. The van der Waals surface area contributed by atoms with E-state index in [0.29, 0.717) is 13.1 Å². The van der Waals surface area contributed by atoms with Crippen LogP contribution in [0.15, 0.2) is 52.1 Å². The molecule has 0 amide bonds. The van der Waals surface area contributed by atoms with Gasteiger partial charge in [-0.05, 0) is 76.8 Å². The monoisotopic (exact) mass is 555 g/mol. The predicted octanol–water partition coefficient (Wildman–Crippen LogP) is 3.90. The van der Waals surface area contributed by atoms with Crippen molar-refractivity contribution in [1.82, 2.24) is 20.4 Å². The Labute approximate surface area is 209 Å². The van der Waals surface area contributed by atoms with Gasteiger partial charge < -0.3 is 19.8 Å². The Bertz CT molecular complexity index is 789. The Morgan fingerprint density at radius 3 is 2.44 bits per heavy atom. The Kier molecular flexibility index (Phi) is 11.3. The minimum Gasteiger partial charge on any atom is -0.497 e. The van der Waals surface area contributed by atoms with E-state index in [2.05, 4.69) is 53.6 Å². The van der Waals surface area contributed by atoms with Crippen molar-refractivity contribution in [2.75, 3.05) is 53.9 Å². The maximum atomic E-state index is 5.63. The maximum Gasteiger partial charge on any atom is 0.191 e. The Morgan fingerprint density at radius 2 is 1.88 bits per heavy atom. The summed E-state index contributed by atoms with van der Waals surface area (Å²) < 4.78 is 11.0. The largest absolute Gasteiger partial charge is 0.497 e. The smallest absolute Gasteiger partial charge is 0.191 e. The summed E-state index contributed by atoms with van der Waals surface area (Å²) >= 11 is 0. The van der Waals surface area contributed by atoms with Gasteiger partial charge >= 0.3 is 0 Å². The second-order valence-electron chi connectivity index (χ2n) is 8.13. The van der Waals surface area contributed by atoms with Crippen LogP contribution in [-0.4, -0.2) is 69.7 Å². The third-order valence-electron chi connectivity index (χ3n) is 5.81. The second kappa shape index (κ2) is 13.7. The summed E-state index contributed by atoms with van der Waals surface area (Å²) in [5.74, 6) is 2.66. The molecule has 2 heterocycles. The van der Waals surface area contributed by atoms with Crippen molar-refractivity contribution < 1.29 is 9.15 Å². The number of likely N-dealkylation sites (tertiary alicyclic amines) is 1. The number of hydrogen-bond acceptors (Lipinski definition) is 5. The molecule has 178 valence electrons. The second-order valence-corrected chi connectivity index (χ2v) is 8.13. The van der Waals surface area contributed by atoms with Gasteiger partial charge in [-0.15, -0.1) is 24.0 Å². The summed E-state index contributed by atoms with van der Waals surface area (Å²) in [5.41, 5.74) is 1.28. The number of hydrogen-bond donors (Lipinski definition) is 2. The molecule has 0 bridgehead atoms. The maximum absolute atomic E-state index is 5.63. The number of methoxy groups -OCH3 is 1. The molecule has 3 rings (SSSR count). The van der Waals surface area contributed by atoms with Gasteiger partial charge in [0.15, 0.2) is 5.96 Å². The van der Waals surface area contributed by atoms with Crippen molar-refractivity contribution in [3.8, 4) is 5.75 Å². The molecule has 0 radical (unpaired) electrons. The molecule has 2 unspecified atom stereocenters. The van der Waals surface area contributed by atoms with Gasteiger partial charge in [-0.2, -0.15) is 0 Å². The summed E-state index contributed by atoms with van der Waals surface area (Å²) in [6.45, 7) is 6.57. The SMILES string of the molecule is CCNC(=NCC(c1ccc(OC)cc1)N1CCCC1)NCC(c1ccco1)N(C)C.I. The van der Waals surface area contributed by atoms with Gasteiger partial charge in [0.1, 0.15) is 11.5 Å². The fourth-order valence-corrected chi connectivity index (χ4v) is 4.04. The molecular weight excluding hydrogens is 517 g/mol. The van der Waals surface area contributed by atoms with Crippen LogP contribution in [0, 0.1) is 0 Å². The molecule has 1 aromatic carbocycles. The molecule has 1 aliphatic heterocycles. The summed E-state index contributed by atoms with van der Waals surface area (Å²) in [6.07, 6.45) is 4.23. The number of nitrogens with zero attached hydrogens (tertiary/aromatic N) is 3. The molecule has 2 atom stereocenters. The van der Waals surface area contributed by atoms with Gasteiger partial charge in [0.05, 0.1) is 32.0 Å². The molecule has 0 spiro atoms. The Morgan fingerprint density at radius 1 is 1.16 bits per heavy atom. The van der Waals surface area contributed by atoms with Crippen LogP contribution in [0.2, 0.25) is 0 Å². The van der Waals surface area contributed by atoms with E-state index in [0.717, 1.165) is 37.1 Å². The zero-order valence-corrected chi connectivity index (χ0v) is 22.0. The van der Waals surface area contributed by atoms with E-state index >= 15 is 0 Å². The molecule has 2 aromatic rings. The van der Waals surface area contributed by atoms with Crippen molar-refractivity contribution in [1.29, 1.82) is 0 Å². The van der Waals surface area contributed by atoms with Crippen LogP contribution < -0.4 is 15.4 Å². The van der Waals surface area contributed by atoms with Gasteiger partial charge in [0, 0.05) is 13.1 Å². The number of guanidine groups is 1. The van der Waals surface area contributed by atoms with Gasteiger partial charge in [-0.25, -0.2) is 0 Å². The first kappa shape index (κ1) is 26.5. The van der Waals surface area contributed by atoms with E-state index in [1.165, 1.54) is 18.4 Å². The molecule has 7 nitrogen and oxygen atoms in total. The molecule has 8 heteroatoms. The van der Waals surface area contributed by atoms with E-state index < -0.39 is 0 Å². The molecule has 2 N–H and O–H groups in total. The lowest BCUT2D eigenvalue weighted by atomic mass is 10.1. The van der Waals surface area contributed by atoms with E-state index in [9.17, 15) is 0 Å². The quantitative estimate of drug-likeness (QED) is 0.264. The predicted molar refractivity (Wildman–Crippen MR) is 141 cm³/mol. The Hall–Kier alpha value is -1.78. The van der Waals surface area contributed by atoms with Crippen LogP contribution in [-0.2, 0) is 0 Å². The van der Waals surface area contributed by atoms with Crippen molar-refractivity contribution in [3.63, 3.8) is 0 Å². The zero-order chi connectivity index (χ0) is 22.1. The number of likely N-dealkylation sites (N-methyl/N-ethyl adjacent to an activating group) is 1. The number of furan rings is 1. The van der Waals surface area contributed by atoms with Crippen molar-refractivity contribution in [2.45, 2.75) is 31.8 Å². The summed E-state index contributed by atoms with van der Waals surface area (Å²) in [6, 6.07) is 12.7. The average Bonchev–Trinajstić information content (AvgIpc) is 3.49. The first-order valence-electron chi connectivity index (χ1n) is 11.2. The highest BCUT2D eigenvalue weighted by Crippen LogP contribution is 2.27. The lowest BCUT2D eigenvalue weighted by Gasteiger charge is -2.27. The van der Waals surface area contributed by atoms with Gasteiger partial charge in [-0.3, -0.25) is 14.8 Å². The fraction of sp³-hybridized carbons (Fsp3) is 0.542.